The standard InChI is InChI=1S/C15H12Cl2N2O/c16-10-5-6-11(17)13(8-10)19-15(20)14-7-9-3-1-2-4-12(9)18-14/h1-6,8,14,18H,7H2,(H,19,20)/t14-/m0/s1. The third-order valence-electron chi connectivity index (χ3n) is 3.27. The normalized spacial score (nSPS) is 16.4. The summed E-state index contributed by atoms with van der Waals surface area (Å²) < 4.78 is 0. The second kappa shape index (κ2) is 5.35. The number of halogens is 2. The number of carbonyl (C=O) groups excluding carboxylic acids is 1. The molecule has 5 heteroatoms. The fraction of sp³-hybridized carbons (Fsp3) is 0.133. The van der Waals surface area contributed by atoms with Gasteiger partial charge in [0.25, 0.3) is 0 Å². The molecule has 0 saturated heterocycles. The summed E-state index contributed by atoms with van der Waals surface area (Å²) in [7, 11) is 0. The zero-order chi connectivity index (χ0) is 14.1. The summed E-state index contributed by atoms with van der Waals surface area (Å²) in [5.74, 6) is -0.120. The molecule has 0 fully saturated rings. The second-order valence-electron chi connectivity index (χ2n) is 4.67. The van der Waals surface area contributed by atoms with Crippen LogP contribution >= 0.6 is 23.2 Å². The molecule has 0 bridgehead atoms. The number of fused-ring (bicyclic) bond motifs is 1. The summed E-state index contributed by atoms with van der Waals surface area (Å²) >= 11 is 11.9. The predicted octanol–water partition coefficient (Wildman–Crippen LogP) is 3.97. The van der Waals surface area contributed by atoms with Gasteiger partial charge in [0.05, 0.1) is 10.7 Å². The van der Waals surface area contributed by atoms with E-state index in [4.69, 9.17) is 23.2 Å². The molecule has 0 radical (unpaired) electrons. The third kappa shape index (κ3) is 2.60. The van der Waals surface area contributed by atoms with Gasteiger partial charge >= 0.3 is 0 Å². The molecule has 1 heterocycles. The van der Waals surface area contributed by atoms with E-state index in [1.165, 1.54) is 0 Å². The molecule has 0 unspecified atom stereocenters. The van der Waals surface area contributed by atoms with Gasteiger partial charge in [-0.3, -0.25) is 4.79 Å². The summed E-state index contributed by atoms with van der Waals surface area (Å²) in [6.45, 7) is 0. The van der Waals surface area contributed by atoms with E-state index in [-0.39, 0.29) is 11.9 Å². The summed E-state index contributed by atoms with van der Waals surface area (Å²) in [5, 5.41) is 7.02. The molecule has 2 aromatic rings. The number of anilines is 2. The van der Waals surface area contributed by atoms with Crippen molar-refractivity contribution >= 4 is 40.5 Å². The molecule has 1 atom stereocenters. The Morgan fingerprint density at radius 1 is 1.20 bits per heavy atom. The van der Waals surface area contributed by atoms with E-state index in [9.17, 15) is 4.79 Å². The number of carbonyl (C=O) groups is 1. The molecular formula is C15H12Cl2N2O. The summed E-state index contributed by atoms with van der Waals surface area (Å²) in [6, 6.07) is 12.6. The van der Waals surface area contributed by atoms with Crippen molar-refractivity contribution in [1.29, 1.82) is 0 Å². The Kier molecular flexibility index (Phi) is 3.55. The number of amides is 1. The molecule has 20 heavy (non-hydrogen) atoms. The van der Waals surface area contributed by atoms with Crippen molar-refractivity contribution in [3.8, 4) is 0 Å². The first-order chi connectivity index (χ1) is 9.63. The highest BCUT2D eigenvalue weighted by atomic mass is 35.5. The first kappa shape index (κ1) is 13.3. The summed E-state index contributed by atoms with van der Waals surface area (Å²) in [5.41, 5.74) is 2.68. The van der Waals surface area contributed by atoms with E-state index in [0.717, 1.165) is 11.3 Å². The van der Waals surface area contributed by atoms with Crippen molar-refractivity contribution in [2.75, 3.05) is 10.6 Å². The van der Waals surface area contributed by atoms with Gasteiger partial charge in [0.15, 0.2) is 0 Å². The summed E-state index contributed by atoms with van der Waals surface area (Å²) in [4.78, 5) is 12.3. The van der Waals surface area contributed by atoms with Crippen molar-refractivity contribution in [2.24, 2.45) is 0 Å². The number of nitrogens with one attached hydrogen (secondary N) is 2. The van der Waals surface area contributed by atoms with Crippen LogP contribution in [0.25, 0.3) is 0 Å². The number of hydrogen-bond acceptors (Lipinski definition) is 2. The van der Waals surface area contributed by atoms with E-state index >= 15 is 0 Å². The first-order valence-electron chi connectivity index (χ1n) is 6.24. The van der Waals surface area contributed by atoms with Crippen LogP contribution < -0.4 is 10.6 Å². The van der Waals surface area contributed by atoms with E-state index in [2.05, 4.69) is 10.6 Å². The fourth-order valence-corrected chi connectivity index (χ4v) is 2.61. The van der Waals surface area contributed by atoms with Crippen molar-refractivity contribution in [1.82, 2.24) is 0 Å². The van der Waals surface area contributed by atoms with Gasteiger partial charge in [-0.2, -0.15) is 0 Å². The van der Waals surface area contributed by atoms with Crippen molar-refractivity contribution < 1.29 is 4.79 Å². The van der Waals surface area contributed by atoms with E-state index in [1.54, 1.807) is 18.2 Å². The lowest BCUT2D eigenvalue weighted by Gasteiger charge is -2.13. The van der Waals surface area contributed by atoms with Gasteiger partial charge in [0.2, 0.25) is 5.91 Å². The molecule has 1 aliphatic heterocycles. The van der Waals surface area contributed by atoms with Crippen LogP contribution in [0.15, 0.2) is 42.5 Å². The van der Waals surface area contributed by atoms with Crippen LogP contribution in [0.1, 0.15) is 5.56 Å². The van der Waals surface area contributed by atoms with Crippen LogP contribution in [0.5, 0.6) is 0 Å². The van der Waals surface area contributed by atoms with Crippen LogP contribution in [-0.2, 0) is 11.2 Å². The minimum atomic E-state index is -0.289. The maximum absolute atomic E-state index is 12.3. The van der Waals surface area contributed by atoms with Gasteiger partial charge in [-0.05, 0) is 29.8 Å². The Labute approximate surface area is 126 Å². The molecule has 3 nitrogen and oxygen atoms in total. The van der Waals surface area contributed by atoms with Crippen molar-refractivity contribution in [3.63, 3.8) is 0 Å². The smallest absolute Gasteiger partial charge is 0.247 e. The zero-order valence-corrected chi connectivity index (χ0v) is 12.0. The molecule has 2 aromatic carbocycles. The summed E-state index contributed by atoms with van der Waals surface area (Å²) in [6.07, 6.45) is 0.667. The molecule has 0 aromatic heterocycles. The highest BCUT2D eigenvalue weighted by Crippen LogP contribution is 2.28. The Bertz CT molecular complexity index is 648. The van der Waals surface area contributed by atoms with Gasteiger partial charge in [-0.1, -0.05) is 41.4 Å². The molecular weight excluding hydrogens is 295 g/mol. The van der Waals surface area contributed by atoms with Gasteiger partial charge in [0, 0.05) is 17.1 Å². The molecule has 2 N–H and O–H groups in total. The number of para-hydroxylation sites is 1. The maximum Gasteiger partial charge on any atom is 0.247 e. The average molecular weight is 307 g/mol. The molecule has 1 aliphatic rings. The minimum absolute atomic E-state index is 0.120. The highest BCUT2D eigenvalue weighted by Gasteiger charge is 2.26. The van der Waals surface area contributed by atoms with E-state index in [0.29, 0.717) is 22.2 Å². The lowest BCUT2D eigenvalue weighted by Crippen LogP contribution is -2.32. The lowest BCUT2D eigenvalue weighted by atomic mass is 10.1. The van der Waals surface area contributed by atoms with E-state index in [1.807, 2.05) is 24.3 Å². The molecule has 0 saturated carbocycles. The number of benzene rings is 2. The van der Waals surface area contributed by atoms with Crippen LogP contribution in [0.3, 0.4) is 0 Å². The van der Waals surface area contributed by atoms with Gasteiger partial charge < -0.3 is 10.6 Å². The van der Waals surface area contributed by atoms with Crippen molar-refractivity contribution in [3.05, 3.63) is 58.1 Å². The van der Waals surface area contributed by atoms with Gasteiger partial charge in [-0.25, -0.2) is 0 Å². The van der Waals surface area contributed by atoms with E-state index < -0.39 is 0 Å². The first-order valence-corrected chi connectivity index (χ1v) is 6.99. The number of rotatable bonds is 2. The Balaban J connectivity index is 1.74. The monoisotopic (exact) mass is 306 g/mol. The Hall–Kier alpha value is -1.71. The topological polar surface area (TPSA) is 41.1 Å². The van der Waals surface area contributed by atoms with Crippen LogP contribution in [0, 0.1) is 0 Å². The van der Waals surface area contributed by atoms with Crippen LogP contribution in [0.4, 0.5) is 11.4 Å². The third-order valence-corrected chi connectivity index (χ3v) is 3.84. The van der Waals surface area contributed by atoms with Gasteiger partial charge in [0.1, 0.15) is 6.04 Å². The van der Waals surface area contributed by atoms with Crippen LogP contribution in [0.2, 0.25) is 10.0 Å². The molecule has 1 amide bonds. The van der Waals surface area contributed by atoms with Gasteiger partial charge in [-0.15, -0.1) is 0 Å². The fourth-order valence-electron chi connectivity index (χ4n) is 2.27. The highest BCUT2D eigenvalue weighted by molar-refractivity contribution is 6.35. The Morgan fingerprint density at radius 2 is 2.00 bits per heavy atom. The largest absolute Gasteiger partial charge is 0.373 e. The predicted molar refractivity (Wildman–Crippen MR) is 82.6 cm³/mol. The SMILES string of the molecule is O=C(Nc1cc(Cl)ccc1Cl)[C@@H]1Cc2ccccc2N1. The minimum Gasteiger partial charge on any atom is -0.373 e. The quantitative estimate of drug-likeness (QED) is 0.881. The molecule has 0 aliphatic carbocycles. The Morgan fingerprint density at radius 3 is 2.80 bits per heavy atom. The molecule has 3 rings (SSSR count). The second-order valence-corrected chi connectivity index (χ2v) is 5.52. The van der Waals surface area contributed by atoms with Crippen LogP contribution in [-0.4, -0.2) is 11.9 Å². The molecule has 0 spiro atoms. The number of hydrogen-bond donors (Lipinski definition) is 2. The maximum atomic E-state index is 12.3. The zero-order valence-electron chi connectivity index (χ0n) is 10.5. The average Bonchev–Trinajstić information content (AvgIpc) is 2.87. The molecule has 102 valence electrons. The van der Waals surface area contributed by atoms with Crippen molar-refractivity contribution in [2.45, 2.75) is 12.5 Å². The lowest BCUT2D eigenvalue weighted by molar-refractivity contribution is -0.116.